The van der Waals surface area contributed by atoms with Gasteiger partial charge >= 0.3 is 0 Å². The molecule has 4 nitrogen and oxygen atoms in total. The SMILES string of the molecule is C=C(NCCC)C1CCN(CC2=C(C)OCCC(c3ccc(C)cc3C)=N2)CC1. The maximum atomic E-state index is 5.99. The van der Waals surface area contributed by atoms with Crippen LogP contribution in [-0.2, 0) is 4.74 Å². The van der Waals surface area contributed by atoms with E-state index >= 15 is 0 Å². The first-order valence-electron chi connectivity index (χ1n) is 11.1. The van der Waals surface area contributed by atoms with Gasteiger partial charge in [0.15, 0.2) is 0 Å². The van der Waals surface area contributed by atoms with Gasteiger partial charge in [-0.25, -0.2) is 0 Å². The number of rotatable bonds is 7. The molecule has 1 aromatic carbocycles. The van der Waals surface area contributed by atoms with Crippen LogP contribution in [0.15, 0.2) is 46.9 Å². The molecule has 0 bridgehead atoms. The average Bonchev–Trinajstić information content (AvgIpc) is 2.88. The lowest BCUT2D eigenvalue weighted by atomic mass is 9.94. The van der Waals surface area contributed by atoms with Crippen molar-refractivity contribution in [2.24, 2.45) is 10.9 Å². The Hall–Kier alpha value is -2.07. The molecule has 1 fully saturated rings. The minimum atomic E-state index is 0.590. The van der Waals surface area contributed by atoms with Crippen LogP contribution in [0.5, 0.6) is 0 Å². The number of ether oxygens (including phenoxy) is 1. The van der Waals surface area contributed by atoms with Gasteiger partial charge in [0.1, 0.15) is 5.76 Å². The lowest BCUT2D eigenvalue weighted by molar-refractivity contribution is 0.195. The second-order valence-electron chi connectivity index (χ2n) is 8.48. The van der Waals surface area contributed by atoms with E-state index in [1.165, 1.54) is 22.4 Å². The van der Waals surface area contributed by atoms with Gasteiger partial charge in [-0.3, -0.25) is 9.89 Å². The van der Waals surface area contributed by atoms with E-state index < -0.39 is 0 Å². The van der Waals surface area contributed by atoms with Gasteiger partial charge in [-0.1, -0.05) is 37.3 Å². The van der Waals surface area contributed by atoms with Crippen LogP contribution < -0.4 is 5.32 Å². The van der Waals surface area contributed by atoms with Crippen molar-refractivity contribution in [3.8, 4) is 0 Å². The van der Waals surface area contributed by atoms with E-state index in [1.54, 1.807) is 0 Å². The fraction of sp³-hybridized carbons (Fsp3) is 0.560. The van der Waals surface area contributed by atoms with Crippen molar-refractivity contribution in [3.63, 3.8) is 0 Å². The number of hydrogen-bond donors (Lipinski definition) is 1. The molecule has 2 aliphatic rings. The van der Waals surface area contributed by atoms with Crippen molar-refractivity contribution < 1.29 is 4.74 Å². The molecule has 3 rings (SSSR count). The molecule has 0 saturated carbocycles. The Balaban J connectivity index is 1.67. The van der Waals surface area contributed by atoms with Crippen LogP contribution in [0.2, 0.25) is 0 Å². The highest BCUT2D eigenvalue weighted by Crippen LogP contribution is 2.25. The summed E-state index contributed by atoms with van der Waals surface area (Å²) >= 11 is 0. The zero-order chi connectivity index (χ0) is 20.8. The van der Waals surface area contributed by atoms with Gasteiger partial charge in [0.05, 0.1) is 18.0 Å². The Labute approximate surface area is 176 Å². The Bertz CT molecular complexity index is 785. The monoisotopic (exact) mass is 395 g/mol. The van der Waals surface area contributed by atoms with Crippen molar-refractivity contribution in [2.75, 3.05) is 32.8 Å². The molecule has 2 heterocycles. The number of nitrogens with zero attached hydrogens (tertiary/aromatic N) is 2. The van der Waals surface area contributed by atoms with Crippen molar-refractivity contribution >= 4 is 5.71 Å². The fourth-order valence-corrected chi connectivity index (χ4v) is 4.24. The van der Waals surface area contributed by atoms with Gasteiger partial charge in [0, 0.05) is 31.1 Å². The molecule has 0 aromatic heterocycles. The van der Waals surface area contributed by atoms with Crippen LogP contribution >= 0.6 is 0 Å². The molecule has 1 aromatic rings. The molecular formula is C25H37N3O. The number of aliphatic imine (C=N–C) groups is 1. The highest BCUT2D eigenvalue weighted by Gasteiger charge is 2.23. The minimum absolute atomic E-state index is 0.590. The average molecular weight is 396 g/mol. The van der Waals surface area contributed by atoms with E-state index in [2.05, 4.69) is 62.7 Å². The number of aryl methyl sites for hydroxylation is 2. The second kappa shape index (κ2) is 10.1. The normalized spacial score (nSPS) is 18.8. The third-order valence-electron chi connectivity index (χ3n) is 6.08. The first kappa shape index (κ1) is 21.6. The molecule has 0 atom stereocenters. The summed E-state index contributed by atoms with van der Waals surface area (Å²) in [6, 6.07) is 6.63. The summed E-state index contributed by atoms with van der Waals surface area (Å²) in [6.45, 7) is 17.6. The quantitative estimate of drug-likeness (QED) is 0.708. The van der Waals surface area contributed by atoms with E-state index in [-0.39, 0.29) is 0 Å². The first-order valence-corrected chi connectivity index (χ1v) is 11.1. The standard InChI is InChI=1S/C25H37N3O/c1-6-12-26-20(4)22-9-13-28(14-10-22)17-25-21(5)29-15-11-24(27-25)23-8-7-18(2)16-19(23)3/h7-8,16,22,26H,4,6,9-15,17H2,1-3,5H3. The second-order valence-corrected chi connectivity index (χ2v) is 8.48. The first-order chi connectivity index (χ1) is 14.0. The number of benzene rings is 1. The number of nitrogens with one attached hydrogen (secondary N) is 1. The van der Waals surface area contributed by atoms with Gasteiger partial charge in [-0.05, 0) is 64.3 Å². The van der Waals surface area contributed by atoms with E-state index in [9.17, 15) is 0 Å². The number of likely N-dealkylation sites (tertiary alicyclic amines) is 1. The summed E-state index contributed by atoms with van der Waals surface area (Å²) < 4.78 is 5.99. The van der Waals surface area contributed by atoms with Crippen molar-refractivity contribution in [2.45, 2.75) is 53.4 Å². The molecule has 4 heteroatoms. The number of piperidine rings is 1. The summed E-state index contributed by atoms with van der Waals surface area (Å²) in [5, 5.41) is 3.48. The maximum absolute atomic E-state index is 5.99. The van der Waals surface area contributed by atoms with Crippen LogP contribution in [0.4, 0.5) is 0 Å². The lowest BCUT2D eigenvalue weighted by Gasteiger charge is -2.33. The topological polar surface area (TPSA) is 36.9 Å². The largest absolute Gasteiger partial charge is 0.496 e. The smallest absolute Gasteiger partial charge is 0.116 e. The maximum Gasteiger partial charge on any atom is 0.116 e. The minimum Gasteiger partial charge on any atom is -0.496 e. The molecule has 0 radical (unpaired) electrons. The Morgan fingerprint density at radius 3 is 2.69 bits per heavy atom. The van der Waals surface area contributed by atoms with Gasteiger partial charge in [-0.2, -0.15) is 0 Å². The molecule has 1 N–H and O–H groups in total. The summed E-state index contributed by atoms with van der Waals surface area (Å²) in [6.07, 6.45) is 4.33. The van der Waals surface area contributed by atoms with Crippen LogP contribution in [0.25, 0.3) is 0 Å². The van der Waals surface area contributed by atoms with Crippen LogP contribution in [0.3, 0.4) is 0 Å². The predicted octanol–water partition coefficient (Wildman–Crippen LogP) is 4.97. The Kier molecular flexibility index (Phi) is 7.54. The molecule has 0 spiro atoms. The van der Waals surface area contributed by atoms with Crippen LogP contribution in [-0.4, -0.2) is 43.4 Å². The Morgan fingerprint density at radius 2 is 2.00 bits per heavy atom. The van der Waals surface area contributed by atoms with Crippen molar-refractivity contribution in [1.82, 2.24) is 10.2 Å². The number of hydrogen-bond acceptors (Lipinski definition) is 4. The van der Waals surface area contributed by atoms with Gasteiger partial charge < -0.3 is 10.1 Å². The van der Waals surface area contributed by atoms with Gasteiger partial charge in [-0.15, -0.1) is 0 Å². The molecule has 158 valence electrons. The molecular weight excluding hydrogens is 358 g/mol. The highest BCUT2D eigenvalue weighted by atomic mass is 16.5. The number of allylic oxidation sites excluding steroid dienone is 2. The molecule has 2 aliphatic heterocycles. The van der Waals surface area contributed by atoms with E-state index in [0.717, 1.165) is 69.0 Å². The van der Waals surface area contributed by atoms with E-state index in [0.29, 0.717) is 12.5 Å². The lowest BCUT2D eigenvalue weighted by Crippen LogP contribution is -2.37. The van der Waals surface area contributed by atoms with Crippen LogP contribution in [0, 0.1) is 19.8 Å². The summed E-state index contributed by atoms with van der Waals surface area (Å²) in [4.78, 5) is 7.62. The zero-order valence-corrected chi connectivity index (χ0v) is 18.7. The molecule has 0 unspecified atom stereocenters. The van der Waals surface area contributed by atoms with Gasteiger partial charge in [0.25, 0.3) is 0 Å². The summed E-state index contributed by atoms with van der Waals surface area (Å²) in [5.41, 5.74) is 7.29. The fourth-order valence-electron chi connectivity index (χ4n) is 4.24. The summed E-state index contributed by atoms with van der Waals surface area (Å²) in [5.74, 6) is 1.56. The van der Waals surface area contributed by atoms with Crippen molar-refractivity contribution in [3.05, 3.63) is 58.6 Å². The molecule has 29 heavy (non-hydrogen) atoms. The highest BCUT2D eigenvalue weighted by molar-refractivity contribution is 6.02. The predicted molar refractivity (Wildman–Crippen MR) is 122 cm³/mol. The third kappa shape index (κ3) is 5.72. The molecule has 0 aliphatic carbocycles. The Morgan fingerprint density at radius 1 is 1.24 bits per heavy atom. The van der Waals surface area contributed by atoms with Crippen LogP contribution in [0.1, 0.15) is 56.2 Å². The van der Waals surface area contributed by atoms with E-state index in [1.807, 2.05) is 0 Å². The van der Waals surface area contributed by atoms with Crippen molar-refractivity contribution in [1.29, 1.82) is 0 Å². The third-order valence-corrected chi connectivity index (χ3v) is 6.08. The molecule has 0 amide bonds. The molecule has 1 saturated heterocycles. The van der Waals surface area contributed by atoms with E-state index in [4.69, 9.17) is 9.73 Å². The summed E-state index contributed by atoms with van der Waals surface area (Å²) in [7, 11) is 0. The van der Waals surface area contributed by atoms with Gasteiger partial charge in [0.2, 0.25) is 0 Å². The zero-order valence-electron chi connectivity index (χ0n) is 18.7.